The van der Waals surface area contributed by atoms with Crippen molar-refractivity contribution >= 4 is 5.96 Å². The number of guanidine groups is 1. The lowest BCUT2D eigenvalue weighted by atomic mass is 10.1. The molecule has 1 atom stereocenters. The summed E-state index contributed by atoms with van der Waals surface area (Å²) in [5, 5.41) is 0. The quantitative estimate of drug-likeness (QED) is 0.881. The summed E-state index contributed by atoms with van der Waals surface area (Å²) in [6, 6.07) is 0.858. The molecule has 3 rings (SSSR count). The van der Waals surface area contributed by atoms with Gasteiger partial charge < -0.3 is 15.2 Å². The highest BCUT2D eigenvalue weighted by Gasteiger charge is 2.35. The molecular weight excluding hydrogens is 226 g/mol. The van der Waals surface area contributed by atoms with Crippen LogP contribution in [-0.4, -0.2) is 33.0 Å². The van der Waals surface area contributed by atoms with E-state index in [9.17, 15) is 0 Å². The molecule has 5 heteroatoms. The molecule has 1 aromatic heterocycles. The summed E-state index contributed by atoms with van der Waals surface area (Å²) in [4.78, 5) is 11.1. The Morgan fingerprint density at radius 2 is 2.17 bits per heavy atom. The van der Waals surface area contributed by atoms with Gasteiger partial charge in [0, 0.05) is 12.6 Å². The molecule has 98 valence electrons. The Labute approximate surface area is 108 Å². The maximum absolute atomic E-state index is 6.09. The van der Waals surface area contributed by atoms with Gasteiger partial charge in [-0.2, -0.15) is 0 Å². The van der Waals surface area contributed by atoms with Gasteiger partial charge in [-0.05, 0) is 19.8 Å². The van der Waals surface area contributed by atoms with E-state index >= 15 is 0 Å². The predicted octanol–water partition coefficient (Wildman–Crippen LogP) is 1.52. The maximum atomic E-state index is 6.09. The molecule has 1 fully saturated rings. The summed E-state index contributed by atoms with van der Waals surface area (Å²) in [5.74, 6) is 0.718. The molecule has 1 aliphatic heterocycles. The van der Waals surface area contributed by atoms with Crippen LogP contribution in [0.3, 0.4) is 0 Å². The fourth-order valence-electron chi connectivity index (χ4n) is 3.24. The maximum Gasteiger partial charge on any atom is 0.192 e. The lowest BCUT2D eigenvalue weighted by Crippen LogP contribution is -2.43. The highest BCUT2D eigenvalue weighted by Crippen LogP contribution is 2.33. The Balaban J connectivity index is 1.87. The largest absolute Gasteiger partial charge is 0.370 e. The standard InChI is InChI=1S/C13H21N5/c1-2-17-9-15-7-11(17)12-8-16-13(14)18(12)10-5-3-4-6-10/h7,9-10,12H,2-6,8H2,1H3,(H2,14,16). The molecule has 18 heavy (non-hydrogen) atoms. The topological polar surface area (TPSA) is 59.4 Å². The van der Waals surface area contributed by atoms with E-state index in [2.05, 4.69) is 26.4 Å². The van der Waals surface area contributed by atoms with Crippen LogP contribution in [0.25, 0.3) is 0 Å². The normalized spacial score (nSPS) is 24.8. The minimum atomic E-state index is 0.288. The number of nitrogens with two attached hydrogens (primary N) is 1. The first-order valence-electron chi connectivity index (χ1n) is 6.89. The van der Waals surface area contributed by atoms with E-state index < -0.39 is 0 Å². The lowest BCUT2D eigenvalue weighted by molar-refractivity contribution is 0.254. The molecule has 0 amide bonds. The van der Waals surface area contributed by atoms with Crippen LogP contribution in [0.1, 0.15) is 44.3 Å². The summed E-state index contributed by atoms with van der Waals surface area (Å²) in [6.45, 7) is 3.86. The molecule has 5 nitrogen and oxygen atoms in total. The highest BCUT2D eigenvalue weighted by molar-refractivity contribution is 5.80. The molecule has 0 bridgehead atoms. The zero-order chi connectivity index (χ0) is 12.5. The van der Waals surface area contributed by atoms with E-state index in [1.165, 1.54) is 31.4 Å². The van der Waals surface area contributed by atoms with E-state index in [1.807, 2.05) is 12.5 Å². The van der Waals surface area contributed by atoms with Gasteiger partial charge in [0.25, 0.3) is 0 Å². The van der Waals surface area contributed by atoms with Gasteiger partial charge in [0.1, 0.15) is 0 Å². The fraction of sp³-hybridized carbons (Fsp3) is 0.692. The second-order valence-electron chi connectivity index (χ2n) is 5.16. The van der Waals surface area contributed by atoms with Gasteiger partial charge in [0.05, 0.1) is 30.8 Å². The average molecular weight is 247 g/mol. The van der Waals surface area contributed by atoms with Crippen LogP contribution in [0.15, 0.2) is 17.5 Å². The zero-order valence-electron chi connectivity index (χ0n) is 10.9. The van der Waals surface area contributed by atoms with Crippen LogP contribution < -0.4 is 5.73 Å². The van der Waals surface area contributed by atoms with Crippen molar-refractivity contribution in [2.24, 2.45) is 10.7 Å². The number of hydrogen-bond donors (Lipinski definition) is 1. The molecule has 1 saturated carbocycles. The molecule has 0 spiro atoms. The van der Waals surface area contributed by atoms with Crippen LogP contribution in [-0.2, 0) is 6.54 Å². The van der Waals surface area contributed by atoms with Gasteiger partial charge >= 0.3 is 0 Å². The first kappa shape index (κ1) is 11.6. The fourth-order valence-corrected chi connectivity index (χ4v) is 3.24. The van der Waals surface area contributed by atoms with Crippen LogP contribution in [0.5, 0.6) is 0 Å². The molecule has 1 aliphatic carbocycles. The molecule has 0 radical (unpaired) electrons. The molecule has 2 heterocycles. The van der Waals surface area contributed by atoms with Crippen molar-refractivity contribution in [3.8, 4) is 0 Å². The number of aliphatic imine (C=N–C) groups is 1. The third-order valence-corrected chi connectivity index (χ3v) is 4.17. The average Bonchev–Trinajstić information content (AvgIpc) is 3.07. The van der Waals surface area contributed by atoms with Gasteiger partial charge in [-0.15, -0.1) is 0 Å². The van der Waals surface area contributed by atoms with Gasteiger partial charge in [0.2, 0.25) is 0 Å². The van der Waals surface area contributed by atoms with E-state index in [0.29, 0.717) is 6.04 Å². The SMILES string of the molecule is CCn1cncc1C1CN=C(N)N1C1CCCC1. The number of aryl methyl sites for hydroxylation is 1. The monoisotopic (exact) mass is 247 g/mol. The van der Waals surface area contributed by atoms with E-state index in [0.717, 1.165) is 19.0 Å². The predicted molar refractivity (Wildman–Crippen MR) is 71.2 cm³/mol. The van der Waals surface area contributed by atoms with Crippen molar-refractivity contribution in [1.82, 2.24) is 14.5 Å². The Morgan fingerprint density at radius 3 is 2.89 bits per heavy atom. The molecule has 2 N–H and O–H groups in total. The van der Waals surface area contributed by atoms with E-state index in [4.69, 9.17) is 5.73 Å². The summed E-state index contributed by atoms with van der Waals surface area (Å²) < 4.78 is 2.20. The number of imidazole rings is 1. The van der Waals surface area contributed by atoms with Gasteiger partial charge in [-0.25, -0.2) is 4.98 Å². The van der Waals surface area contributed by atoms with Gasteiger partial charge in [-0.1, -0.05) is 12.8 Å². The van der Waals surface area contributed by atoms with Gasteiger partial charge in [-0.3, -0.25) is 4.99 Å². The second-order valence-corrected chi connectivity index (χ2v) is 5.16. The van der Waals surface area contributed by atoms with Gasteiger partial charge in [0.15, 0.2) is 5.96 Å². The molecule has 1 aromatic rings. The van der Waals surface area contributed by atoms with Crippen molar-refractivity contribution in [1.29, 1.82) is 0 Å². The lowest BCUT2D eigenvalue weighted by Gasteiger charge is -2.32. The number of rotatable bonds is 3. The molecule has 1 unspecified atom stereocenters. The van der Waals surface area contributed by atoms with Crippen molar-refractivity contribution in [2.75, 3.05) is 6.54 Å². The van der Waals surface area contributed by atoms with Crippen molar-refractivity contribution in [3.05, 3.63) is 18.2 Å². The summed E-state index contributed by atoms with van der Waals surface area (Å²) >= 11 is 0. The minimum absolute atomic E-state index is 0.288. The molecular formula is C13H21N5. The molecule has 2 aliphatic rings. The van der Waals surface area contributed by atoms with Crippen molar-refractivity contribution in [3.63, 3.8) is 0 Å². The van der Waals surface area contributed by atoms with E-state index in [-0.39, 0.29) is 6.04 Å². The summed E-state index contributed by atoms with van der Waals surface area (Å²) in [6.07, 6.45) is 8.98. The smallest absolute Gasteiger partial charge is 0.192 e. The Kier molecular flexibility index (Phi) is 2.97. The summed E-state index contributed by atoms with van der Waals surface area (Å²) in [7, 11) is 0. The van der Waals surface area contributed by atoms with Crippen molar-refractivity contribution < 1.29 is 0 Å². The second kappa shape index (κ2) is 4.63. The Bertz CT molecular complexity index is 444. The Morgan fingerprint density at radius 1 is 1.39 bits per heavy atom. The highest BCUT2D eigenvalue weighted by atomic mass is 15.4. The molecule has 0 aromatic carbocycles. The number of hydrogen-bond acceptors (Lipinski definition) is 4. The van der Waals surface area contributed by atoms with Crippen LogP contribution >= 0.6 is 0 Å². The number of nitrogens with zero attached hydrogens (tertiary/aromatic N) is 4. The number of aromatic nitrogens is 2. The first-order valence-corrected chi connectivity index (χ1v) is 6.89. The summed E-state index contributed by atoms with van der Waals surface area (Å²) in [5.41, 5.74) is 7.34. The third-order valence-electron chi connectivity index (χ3n) is 4.17. The Hall–Kier alpha value is -1.52. The van der Waals surface area contributed by atoms with Crippen LogP contribution in [0.2, 0.25) is 0 Å². The van der Waals surface area contributed by atoms with Crippen LogP contribution in [0, 0.1) is 0 Å². The van der Waals surface area contributed by atoms with Crippen LogP contribution in [0.4, 0.5) is 0 Å². The van der Waals surface area contributed by atoms with E-state index in [1.54, 1.807) is 0 Å². The zero-order valence-corrected chi connectivity index (χ0v) is 10.9. The third kappa shape index (κ3) is 1.78. The minimum Gasteiger partial charge on any atom is -0.370 e. The molecule has 0 saturated heterocycles. The van der Waals surface area contributed by atoms with Crippen molar-refractivity contribution in [2.45, 2.75) is 51.2 Å². The first-order chi connectivity index (χ1) is 8.81.